The predicted octanol–water partition coefficient (Wildman–Crippen LogP) is 2.84. The van der Waals surface area contributed by atoms with E-state index in [1.807, 2.05) is 43.1 Å². The summed E-state index contributed by atoms with van der Waals surface area (Å²) >= 11 is 0. The van der Waals surface area contributed by atoms with Gasteiger partial charge in [0.05, 0.1) is 0 Å². The van der Waals surface area contributed by atoms with Gasteiger partial charge < -0.3 is 20.9 Å². The van der Waals surface area contributed by atoms with Crippen LogP contribution in [0, 0.1) is 12.8 Å². The van der Waals surface area contributed by atoms with Crippen LogP contribution in [0.25, 0.3) is 0 Å². The summed E-state index contributed by atoms with van der Waals surface area (Å²) in [5.41, 5.74) is 2.23. The van der Waals surface area contributed by atoms with Gasteiger partial charge in [-0.25, -0.2) is 4.79 Å². The molecule has 7 heteroatoms. The molecule has 2 rings (SSSR count). The van der Waals surface area contributed by atoms with Crippen LogP contribution in [0.3, 0.4) is 0 Å². The molecule has 158 valence electrons. The number of piperidine rings is 1. The highest BCUT2D eigenvalue weighted by Crippen LogP contribution is 2.14. The van der Waals surface area contributed by atoms with Gasteiger partial charge in [0.1, 0.15) is 6.04 Å². The average Bonchev–Trinajstić information content (AvgIpc) is 2.66. The molecule has 1 unspecified atom stereocenters. The zero-order valence-corrected chi connectivity index (χ0v) is 18.3. The number of nitrogens with one attached hydrogen (secondary N) is 3. The first kappa shape index (κ1) is 24.2. The Labute approximate surface area is 175 Å². The van der Waals surface area contributed by atoms with Crippen LogP contribution < -0.4 is 16.0 Å². The van der Waals surface area contributed by atoms with E-state index in [0.29, 0.717) is 24.9 Å². The fourth-order valence-corrected chi connectivity index (χ4v) is 3.40. The molecule has 6 nitrogen and oxygen atoms in total. The number of urea groups is 1. The van der Waals surface area contributed by atoms with E-state index in [9.17, 15) is 9.59 Å². The van der Waals surface area contributed by atoms with Crippen LogP contribution in [0.5, 0.6) is 0 Å². The standard InChI is InChI=1S/C21H34N4O2.ClH/c1-15(2)13-19(20(26)25-11-9-18(22-4)10-12-25)24-21(27)23-14-17-7-5-16(3)6-8-17;/h5-8,15,18-19,22H,9-14H2,1-4H3,(H2,23,24,27);1H. The maximum Gasteiger partial charge on any atom is 0.315 e. The van der Waals surface area contributed by atoms with Gasteiger partial charge >= 0.3 is 6.03 Å². The Morgan fingerprint density at radius 3 is 2.29 bits per heavy atom. The predicted molar refractivity (Wildman–Crippen MR) is 116 cm³/mol. The zero-order valence-electron chi connectivity index (χ0n) is 17.5. The van der Waals surface area contributed by atoms with Crippen molar-refractivity contribution >= 4 is 24.3 Å². The molecular weight excluding hydrogens is 376 g/mol. The maximum absolute atomic E-state index is 12.9. The lowest BCUT2D eigenvalue weighted by atomic mass is 10.00. The van der Waals surface area contributed by atoms with Gasteiger partial charge in [-0.2, -0.15) is 0 Å². The van der Waals surface area contributed by atoms with E-state index in [0.717, 1.165) is 31.5 Å². The quantitative estimate of drug-likeness (QED) is 0.647. The highest BCUT2D eigenvalue weighted by molar-refractivity contribution is 5.87. The van der Waals surface area contributed by atoms with Crippen molar-refractivity contribution in [3.8, 4) is 0 Å². The van der Waals surface area contributed by atoms with Gasteiger partial charge in [-0.15, -0.1) is 12.4 Å². The fourth-order valence-electron chi connectivity index (χ4n) is 3.40. The third-order valence-electron chi connectivity index (χ3n) is 5.10. The molecule has 0 aromatic heterocycles. The number of hydrogen-bond acceptors (Lipinski definition) is 3. The second-order valence-electron chi connectivity index (χ2n) is 7.88. The van der Waals surface area contributed by atoms with E-state index in [2.05, 4.69) is 29.8 Å². The summed E-state index contributed by atoms with van der Waals surface area (Å²) in [4.78, 5) is 27.2. The van der Waals surface area contributed by atoms with Gasteiger partial charge in [-0.05, 0) is 44.7 Å². The average molecular weight is 411 g/mol. The van der Waals surface area contributed by atoms with Gasteiger partial charge in [-0.1, -0.05) is 43.7 Å². The SMILES string of the molecule is CNC1CCN(C(=O)C(CC(C)C)NC(=O)NCc2ccc(C)cc2)CC1.Cl. The number of aryl methyl sites for hydroxylation is 1. The Kier molecular flexibility index (Phi) is 10.3. The molecule has 1 aromatic carbocycles. The Morgan fingerprint density at radius 1 is 1.14 bits per heavy atom. The van der Waals surface area contributed by atoms with Gasteiger partial charge in [0, 0.05) is 25.7 Å². The van der Waals surface area contributed by atoms with Crippen molar-refractivity contribution in [1.82, 2.24) is 20.9 Å². The lowest BCUT2D eigenvalue weighted by molar-refractivity contribution is -0.134. The van der Waals surface area contributed by atoms with E-state index < -0.39 is 6.04 Å². The topological polar surface area (TPSA) is 73.5 Å². The number of rotatable bonds is 7. The van der Waals surface area contributed by atoms with E-state index in [4.69, 9.17) is 0 Å². The molecule has 0 spiro atoms. The molecule has 0 bridgehead atoms. The molecule has 3 amide bonds. The van der Waals surface area contributed by atoms with Crippen molar-refractivity contribution in [1.29, 1.82) is 0 Å². The number of nitrogens with zero attached hydrogens (tertiary/aromatic N) is 1. The van der Waals surface area contributed by atoms with Crippen molar-refractivity contribution in [2.45, 2.75) is 58.7 Å². The number of halogens is 1. The monoisotopic (exact) mass is 410 g/mol. The number of amides is 3. The molecule has 1 fully saturated rings. The van der Waals surface area contributed by atoms with Gasteiger partial charge in [0.25, 0.3) is 0 Å². The van der Waals surface area contributed by atoms with Crippen LogP contribution >= 0.6 is 12.4 Å². The smallest absolute Gasteiger partial charge is 0.315 e. The summed E-state index contributed by atoms with van der Waals surface area (Å²) in [6, 6.07) is 7.75. The highest BCUT2D eigenvalue weighted by Gasteiger charge is 2.29. The van der Waals surface area contributed by atoms with Crippen LogP contribution in [-0.2, 0) is 11.3 Å². The Morgan fingerprint density at radius 2 is 1.75 bits per heavy atom. The zero-order chi connectivity index (χ0) is 19.8. The Balaban J connectivity index is 0.00000392. The largest absolute Gasteiger partial charge is 0.341 e. The first-order chi connectivity index (χ1) is 12.9. The minimum absolute atomic E-state index is 0. The van der Waals surface area contributed by atoms with Crippen molar-refractivity contribution in [3.05, 3.63) is 35.4 Å². The number of likely N-dealkylation sites (tertiary alicyclic amines) is 1. The second-order valence-corrected chi connectivity index (χ2v) is 7.88. The minimum Gasteiger partial charge on any atom is -0.341 e. The van der Waals surface area contributed by atoms with Gasteiger partial charge in [0.2, 0.25) is 5.91 Å². The maximum atomic E-state index is 12.9. The molecular formula is C21H35ClN4O2. The Hall–Kier alpha value is -1.79. The van der Waals surface area contributed by atoms with Crippen molar-refractivity contribution in [2.75, 3.05) is 20.1 Å². The number of carbonyl (C=O) groups excluding carboxylic acids is 2. The first-order valence-electron chi connectivity index (χ1n) is 9.95. The van der Waals surface area contributed by atoms with Crippen LogP contribution in [-0.4, -0.2) is 49.1 Å². The minimum atomic E-state index is -0.478. The molecule has 1 aliphatic heterocycles. The molecule has 0 radical (unpaired) electrons. The van der Waals surface area contributed by atoms with Crippen molar-refractivity contribution in [3.63, 3.8) is 0 Å². The lowest BCUT2D eigenvalue weighted by Crippen LogP contribution is -2.54. The molecule has 0 aliphatic carbocycles. The van der Waals surface area contributed by atoms with Crippen molar-refractivity contribution in [2.24, 2.45) is 5.92 Å². The number of benzene rings is 1. The lowest BCUT2D eigenvalue weighted by Gasteiger charge is -2.34. The molecule has 0 saturated carbocycles. The van der Waals surface area contributed by atoms with Crippen LogP contribution in [0.4, 0.5) is 4.79 Å². The third kappa shape index (κ3) is 7.68. The summed E-state index contributed by atoms with van der Waals surface area (Å²) < 4.78 is 0. The molecule has 1 aromatic rings. The van der Waals surface area contributed by atoms with E-state index in [1.54, 1.807) is 0 Å². The summed E-state index contributed by atoms with van der Waals surface area (Å²) in [6.45, 7) is 8.10. The summed E-state index contributed by atoms with van der Waals surface area (Å²) in [5.74, 6) is 0.356. The van der Waals surface area contributed by atoms with E-state index >= 15 is 0 Å². The molecule has 3 N–H and O–H groups in total. The summed E-state index contributed by atoms with van der Waals surface area (Å²) in [6.07, 6.45) is 2.55. The summed E-state index contributed by atoms with van der Waals surface area (Å²) in [7, 11) is 1.96. The number of hydrogen-bond donors (Lipinski definition) is 3. The normalized spacial score (nSPS) is 15.7. The van der Waals surface area contributed by atoms with Crippen LogP contribution in [0.15, 0.2) is 24.3 Å². The van der Waals surface area contributed by atoms with E-state index in [1.165, 1.54) is 5.56 Å². The Bertz CT molecular complexity index is 613. The molecule has 28 heavy (non-hydrogen) atoms. The van der Waals surface area contributed by atoms with Gasteiger partial charge in [-0.3, -0.25) is 4.79 Å². The summed E-state index contributed by atoms with van der Waals surface area (Å²) in [5, 5.41) is 9.04. The van der Waals surface area contributed by atoms with Crippen LogP contribution in [0.1, 0.15) is 44.2 Å². The second kappa shape index (κ2) is 11.9. The molecule has 1 atom stereocenters. The third-order valence-corrected chi connectivity index (χ3v) is 5.10. The highest BCUT2D eigenvalue weighted by atomic mass is 35.5. The molecule has 1 aliphatic rings. The molecule has 1 saturated heterocycles. The van der Waals surface area contributed by atoms with Crippen molar-refractivity contribution < 1.29 is 9.59 Å². The molecule has 1 heterocycles. The number of carbonyl (C=O) groups is 2. The fraction of sp³-hybridized carbons (Fsp3) is 0.619. The first-order valence-corrected chi connectivity index (χ1v) is 9.95. The van der Waals surface area contributed by atoms with Crippen LogP contribution in [0.2, 0.25) is 0 Å². The van der Waals surface area contributed by atoms with Gasteiger partial charge in [0.15, 0.2) is 0 Å². The van der Waals surface area contributed by atoms with E-state index in [-0.39, 0.29) is 24.3 Å².